The van der Waals surface area contributed by atoms with E-state index in [0.717, 1.165) is 0 Å². The van der Waals surface area contributed by atoms with E-state index in [1.807, 2.05) is 0 Å². The minimum Gasteiger partial charge on any atom is -0.507 e. The number of hydrogen-bond acceptors (Lipinski definition) is 4. The van der Waals surface area contributed by atoms with Crippen molar-refractivity contribution in [2.75, 3.05) is 0 Å². The van der Waals surface area contributed by atoms with E-state index in [-0.39, 0.29) is 22.0 Å². The standard InChI is InChI=1S/C17H12Cl2N4O3/c18-10-5-6-15(24)11(9-10)16(25)20-21-17(26)13-7-8-23(22-13)14-4-2-1-3-12(14)19/h1-9,24H,(H,20,25)(H,21,26). The summed E-state index contributed by atoms with van der Waals surface area (Å²) in [7, 11) is 0. The van der Waals surface area contributed by atoms with Crippen LogP contribution in [0, 0.1) is 0 Å². The predicted molar refractivity (Wildman–Crippen MR) is 96.6 cm³/mol. The molecule has 0 fully saturated rings. The number of para-hydroxylation sites is 1. The molecule has 2 amide bonds. The molecule has 132 valence electrons. The van der Waals surface area contributed by atoms with E-state index in [2.05, 4.69) is 16.0 Å². The molecule has 0 spiro atoms. The lowest BCUT2D eigenvalue weighted by molar-refractivity contribution is 0.0842. The first-order chi connectivity index (χ1) is 12.5. The van der Waals surface area contributed by atoms with E-state index in [9.17, 15) is 14.7 Å². The van der Waals surface area contributed by atoms with Crippen LogP contribution in [0.4, 0.5) is 0 Å². The van der Waals surface area contributed by atoms with Gasteiger partial charge in [0.2, 0.25) is 0 Å². The third kappa shape index (κ3) is 3.79. The topological polar surface area (TPSA) is 96.3 Å². The summed E-state index contributed by atoms with van der Waals surface area (Å²) in [5.41, 5.74) is 5.03. The van der Waals surface area contributed by atoms with Gasteiger partial charge in [-0.3, -0.25) is 20.4 Å². The molecule has 0 aliphatic heterocycles. The molecule has 3 N–H and O–H groups in total. The second kappa shape index (κ2) is 7.47. The van der Waals surface area contributed by atoms with Crippen molar-refractivity contribution in [1.82, 2.24) is 20.6 Å². The minimum atomic E-state index is -0.719. The van der Waals surface area contributed by atoms with Crippen LogP contribution in [0.1, 0.15) is 20.8 Å². The number of aromatic nitrogens is 2. The van der Waals surface area contributed by atoms with Gasteiger partial charge >= 0.3 is 0 Å². The number of carbonyl (C=O) groups excluding carboxylic acids is 2. The first-order valence-electron chi connectivity index (χ1n) is 7.35. The highest BCUT2D eigenvalue weighted by Crippen LogP contribution is 2.21. The largest absolute Gasteiger partial charge is 0.507 e. The van der Waals surface area contributed by atoms with Crippen LogP contribution < -0.4 is 10.9 Å². The molecule has 9 heteroatoms. The number of hydrogen-bond donors (Lipinski definition) is 3. The Labute approximate surface area is 158 Å². The molecule has 0 bridgehead atoms. The molecule has 7 nitrogen and oxygen atoms in total. The first-order valence-corrected chi connectivity index (χ1v) is 8.11. The molecule has 0 aliphatic carbocycles. The van der Waals surface area contributed by atoms with Crippen LogP contribution in [0.25, 0.3) is 5.69 Å². The van der Waals surface area contributed by atoms with Gasteiger partial charge in [0, 0.05) is 11.2 Å². The van der Waals surface area contributed by atoms with Crippen molar-refractivity contribution >= 4 is 35.0 Å². The molecule has 2 aromatic carbocycles. The summed E-state index contributed by atoms with van der Waals surface area (Å²) in [4.78, 5) is 24.2. The van der Waals surface area contributed by atoms with Crippen LogP contribution in [0.2, 0.25) is 10.0 Å². The summed E-state index contributed by atoms with van der Waals surface area (Å²) in [5, 5.41) is 14.6. The van der Waals surface area contributed by atoms with E-state index in [1.54, 1.807) is 30.5 Å². The summed E-state index contributed by atoms with van der Waals surface area (Å²) in [6, 6.07) is 12.5. The van der Waals surface area contributed by atoms with Gasteiger partial charge in [-0.15, -0.1) is 0 Å². The van der Waals surface area contributed by atoms with Crippen LogP contribution in [0.5, 0.6) is 5.75 Å². The Bertz CT molecular complexity index is 988. The second-order valence-electron chi connectivity index (χ2n) is 5.17. The van der Waals surface area contributed by atoms with Gasteiger partial charge in [0.25, 0.3) is 11.8 Å². The number of aromatic hydroxyl groups is 1. The Morgan fingerprint density at radius 3 is 2.50 bits per heavy atom. The number of nitrogens with zero attached hydrogens (tertiary/aromatic N) is 2. The normalized spacial score (nSPS) is 10.4. The van der Waals surface area contributed by atoms with Gasteiger partial charge in [-0.1, -0.05) is 35.3 Å². The zero-order valence-corrected chi connectivity index (χ0v) is 14.6. The molecule has 0 aliphatic rings. The first kappa shape index (κ1) is 17.8. The lowest BCUT2D eigenvalue weighted by Crippen LogP contribution is -2.41. The number of halogens is 2. The number of amides is 2. The zero-order valence-electron chi connectivity index (χ0n) is 13.1. The van der Waals surface area contributed by atoms with Crippen molar-refractivity contribution in [2.45, 2.75) is 0 Å². The van der Waals surface area contributed by atoms with E-state index in [1.165, 1.54) is 28.9 Å². The van der Waals surface area contributed by atoms with Gasteiger partial charge < -0.3 is 5.11 Å². The quantitative estimate of drug-likeness (QED) is 0.598. The van der Waals surface area contributed by atoms with Crippen molar-refractivity contribution in [2.24, 2.45) is 0 Å². The van der Waals surface area contributed by atoms with Gasteiger partial charge in [-0.05, 0) is 36.4 Å². The molecule has 0 saturated carbocycles. The molecule has 0 radical (unpaired) electrons. The number of benzene rings is 2. The predicted octanol–water partition coefficient (Wildman–Crippen LogP) is 2.96. The minimum absolute atomic E-state index is 0.0699. The Morgan fingerprint density at radius 1 is 1.00 bits per heavy atom. The number of phenolic OH excluding ortho intramolecular Hbond substituents is 1. The summed E-state index contributed by atoms with van der Waals surface area (Å²) >= 11 is 11.9. The maximum absolute atomic E-state index is 12.1. The molecule has 1 heterocycles. The van der Waals surface area contributed by atoms with E-state index < -0.39 is 11.8 Å². The summed E-state index contributed by atoms with van der Waals surface area (Å²) in [6.07, 6.45) is 1.57. The Morgan fingerprint density at radius 2 is 1.73 bits per heavy atom. The van der Waals surface area contributed by atoms with E-state index >= 15 is 0 Å². The summed E-state index contributed by atoms with van der Waals surface area (Å²) < 4.78 is 1.45. The zero-order chi connectivity index (χ0) is 18.7. The molecule has 3 rings (SSSR count). The molecule has 0 unspecified atom stereocenters. The lowest BCUT2D eigenvalue weighted by Gasteiger charge is -2.08. The molecule has 0 atom stereocenters. The Hall–Kier alpha value is -3.03. The molecular formula is C17H12Cl2N4O3. The monoisotopic (exact) mass is 390 g/mol. The Balaban J connectivity index is 1.68. The number of phenols is 1. The van der Waals surface area contributed by atoms with Crippen molar-refractivity contribution in [3.8, 4) is 11.4 Å². The van der Waals surface area contributed by atoms with Gasteiger partial charge in [-0.25, -0.2) is 4.68 Å². The molecule has 0 saturated heterocycles. The van der Waals surface area contributed by atoms with Gasteiger partial charge in [-0.2, -0.15) is 5.10 Å². The maximum Gasteiger partial charge on any atom is 0.290 e. The van der Waals surface area contributed by atoms with Crippen LogP contribution in [-0.4, -0.2) is 26.7 Å². The molecule has 1 aromatic heterocycles. The van der Waals surface area contributed by atoms with Gasteiger partial charge in [0.1, 0.15) is 5.75 Å². The van der Waals surface area contributed by atoms with Gasteiger partial charge in [0.15, 0.2) is 5.69 Å². The number of rotatable bonds is 3. The summed E-state index contributed by atoms with van der Waals surface area (Å²) in [5.74, 6) is -1.61. The molecule has 3 aromatic rings. The van der Waals surface area contributed by atoms with Crippen molar-refractivity contribution in [3.05, 3.63) is 76.0 Å². The number of hydrazine groups is 1. The number of carbonyl (C=O) groups is 2. The fourth-order valence-corrected chi connectivity index (χ4v) is 2.55. The SMILES string of the molecule is O=C(NNC(=O)c1cc(Cl)ccc1O)c1ccn(-c2ccccc2Cl)n1. The third-order valence-corrected chi connectivity index (χ3v) is 3.97. The second-order valence-corrected chi connectivity index (χ2v) is 6.01. The summed E-state index contributed by atoms with van der Waals surface area (Å²) in [6.45, 7) is 0. The highest BCUT2D eigenvalue weighted by molar-refractivity contribution is 6.32. The van der Waals surface area contributed by atoms with Crippen molar-refractivity contribution < 1.29 is 14.7 Å². The van der Waals surface area contributed by atoms with Crippen molar-refractivity contribution in [3.63, 3.8) is 0 Å². The average molecular weight is 391 g/mol. The van der Waals surface area contributed by atoms with Crippen LogP contribution in [-0.2, 0) is 0 Å². The van der Waals surface area contributed by atoms with E-state index in [0.29, 0.717) is 10.7 Å². The van der Waals surface area contributed by atoms with Crippen LogP contribution in [0.15, 0.2) is 54.7 Å². The third-order valence-electron chi connectivity index (χ3n) is 3.41. The lowest BCUT2D eigenvalue weighted by atomic mass is 10.2. The van der Waals surface area contributed by atoms with Crippen LogP contribution in [0.3, 0.4) is 0 Å². The smallest absolute Gasteiger partial charge is 0.290 e. The highest BCUT2D eigenvalue weighted by atomic mass is 35.5. The Kier molecular flexibility index (Phi) is 5.11. The van der Waals surface area contributed by atoms with E-state index in [4.69, 9.17) is 23.2 Å². The fraction of sp³-hybridized carbons (Fsp3) is 0. The highest BCUT2D eigenvalue weighted by Gasteiger charge is 2.15. The van der Waals surface area contributed by atoms with Gasteiger partial charge in [0.05, 0.1) is 16.3 Å². The average Bonchev–Trinajstić information content (AvgIpc) is 3.11. The van der Waals surface area contributed by atoms with Crippen molar-refractivity contribution in [1.29, 1.82) is 0 Å². The molecule has 26 heavy (non-hydrogen) atoms. The maximum atomic E-state index is 12.1. The fourth-order valence-electron chi connectivity index (χ4n) is 2.15. The van der Waals surface area contributed by atoms with Crippen LogP contribution >= 0.6 is 23.2 Å². The molecular weight excluding hydrogens is 379 g/mol. The number of nitrogens with one attached hydrogen (secondary N) is 2.